The standard InChI is InChI=1S/C13H21N5O/c1-4-5-10-12(14-2)15-9-16-13(10)18-7-6-17(3)11(19)8-18/h9H,4-8H2,1-3H3,(H,14,15,16). The van der Waals surface area contributed by atoms with Crippen molar-refractivity contribution < 1.29 is 4.79 Å². The van der Waals surface area contributed by atoms with Crippen LogP contribution in [-0.4, -0.2) is 54.5 Å². The molecule has 1 saturated heterocycles. The first-order valence-electron chi connectivity index (χ1n) is 6.68. The van der Waals surface area contributed by atoms with E-state index in [1.807, 2.05) is 14.1 Å². The highest BCUT2D eigenvalue weighted by molar-refractivity contribution is 5.82. The Balaban J connectivity index is 2.30. The molecule has 1 fully saturated rings. The smallest absolute Gasteiger partial charge is 0.241 e. The van der Waals surface area contributed by atoms with Crippen LogP contribution in [0.5, 0.6) is 0 Å². The number of piperazine rings is 1. The van der Waals surface area contributed by atoms with Crippen LogP contribution in [0.1, 0.15) is 18.9 Å². The van der Waals surface area contributed by atoms with Crippen molar-refractivity contribution in [2.45, 2.75) is 19.8 Å². The van der Waals surface area contributed by atoms with Gasteiger partial charge in [-0.25, -0.2) is 9.97 Å². The van der Waals surface area contributed by atoms with Crippen molar-refractivity contribution in [2.24, 2.45) is 0 Å². The lowest BCUT2D eigenvalue weighted by Crippen LogP contribution is -2.49. The van der Waals surface area contributed by atoms with Crippen molar-refractivity contribution in [3.05, 3.63) is 11.9 Å². The number of anilines is 2. The van der Waals surface area contributed by atoms with Gasteiger partial charge in [-0.3, -0.25) is 4.79 Å². The van der Waals surface area contributed by atoms with Crippen molar-refractivity contribution in [3.8, 4) is 0 Å². The van der Waals surface area contributed by atoms with Gasteiger partial charge >= 0.3 is 0 Å². The first-order valence-corrected chi connectivity index (χ1v) is 6.68. The van der Waals surface area contributed by atoms with Crippen LogP contribution in [0.4, 0.5) is 11.6 Å². The average molecular weight is 263 g/mol. The van der Waals surface area contributed by atoms with Crippen LogP contribution in [0.15, 0.2) is 6.33 Å². The summed E-state index contributed by atoms with van der Waals surface area (Å²) in [5.74, 6) is 1.89. The predicted octanol–water partition coefficient (Wildman–Crippen LogP) is 0.749. The van der Waals surface area contributed by atoms with Gasteiger partial charge in [-0.05, 0) is 6.42 Å². The molecule has 0 bridgehead atoms. The number of likely N-dealkylation sites (N-methyl/N-ethyl adjacent to an activating group) is 1. The van der Waals surface area contributed by atoms with E-state index in [0.717, 1.165) is 43.1 Å². The second-order valence-electron chi connectivity index (χ2n) is 4.76. The van der Waals surface area contributed by atoms with E-state index in [9.17, 15) is 4.79 Å². The van der Waals surface area contributed by atoms with E-state index in [1.165, 1.54) is 0 Å². The molecule has 0 aromatic carbocycles. The molecule has 1 aliphatic rings. The summed E-state index contributed by atoms with van der Waals surface area (Å²) in [4.78, 5) is 24.3. The lowest BCUT2D eigenvalue weighted by molar-refractivity contribution is -0.129. The molecule has 2 rings (SSSR count). The molecule has 0 saturated carbocycles. The van der Waals surface area contributed by atoms with E-state index in [0.29, 0.717) is 6.54 Å². The van der Waals surface area contributed by atoms with Crippen molar-refractivity contribution in [2.75, 3.05) is 43.9 Å². The zero-order valence-corrected chi connectivity index (χ0v) is 11.8. The maximum Gasteiger partial charge on any atom is 0.241 e. The van der Waals surface area contributed by atoms with Gasteiger partial charge in [-0.1, -0.05) is 13.3 Å². The van der Waals surface area contributed by atoms with Crippen LogP contribution in [0.25, 0.3) is 0 Å². The molecule has 6 heteroatoms. The minimum atomic E-state index is 0.137. The van der Waals surface area contributed by atoms with E-state index in [2.05, 4.69) is 27.1 Å². The number of nitrogens with one attached hydrogen (secondary N) is 1. The summed E-state index contributed by atoms with van der Waals surface area (Å²) in [6.45, 7) is 4.08. The highest BCUT2D eigenvalue weighted by atomic mass is 16.2. The van der Waals surface area contributed by atoms with Crippen LogP contribution in [0.2, 0.25) is 0 Å². The number of nitrogens with zero attached hydrogens (tertiary/aromatic N) is 4. The summed E-state index contributed by atoms with van der Waals surface area (Å²) in [5, 5.41) is 3.11. The molecule has 1 aromatic heterocycles. The molecule has 0 radical (unpaired) electrons. The zero-order chi connectivity index (χ0) is 13.8. The molecule has 1 N–H and O–H groups in total. The first-order chi connectivity index (χ1) is 9.17. The van der Waals surface area contributed by atoms with Gasteiger partial charge in [0.05, 0.1) is 6.54 Å². The summed E-state index contributed by atoms with van der Waals surface area (Å²) in [6.07, 6.45) is 3.49. The predicted molar refractivity (Wildman–Crippen MR) is 75.4 cm³/mol. The Kier molecular flexibility index (Phi) is 4.19. The third-order valence-corrected chi connectivity index (χ3v) is 3.42. The summed E-state index contributed by atoms with van der Waals surface area (Å²) < 4.78 is 0. The van der Waals surface area contributed by atoms with E-state index in [-0.39, 0.29) is 5.91 Å². The summed E-state index contributed by atoms with van der Waals surface area (Å²) in [7, 11) is 3.70. The topological polar surface area (TPSA) is 61.4 Å². The SMILES string of the molecule is CCCc1c(NC)ncnc1N1CCN(C)C(=O)C1. The molecule has 0 aliphatic carbocycles. The summed E-state index contributed by atoms with van der Waals surface area (Å²) in [5.41, 5.74) is 1.10. The Labute approximate surface area is 113 Å². The van der Waals surface area contributed by atoms with Gasteiger partial charge in [0.1, 0.15) is 18.0 Å². The quantitative estimate of drug-likeness (QED) is 0.868. The molecule has 1 amide bonds. The Bertz CT molecular complexity index is 462. The number of carbonyl (C=O) groups excluding carboxylic acids is 1. The minimum absolute atomic E-state index is 0.137. The van der Waals surface area contributed by atoms with Crippen LogP contribution < -0.4 is 10.2 Å². The average Bonchev–Trinajstić information content (AvgIpc) is 2.42. The molecule has 104 valence electrons. The number of hydrogen-bond donors (Lipinski definition) is 1. The third kappa shape index (κ3) is 2.77. The first kappa shape index (κ1) is 13.6. The number of amides is 1. The van der Waals surface area contributed by atoms with Gasteiger partial charge in [0.25, 0.3) is 0 Å². The molecule has 6 nitrogen and oxygen atoms in total. The zero-order valence-electron chi connectivity index (χ0n) is 11.8. The van der Waals surface area contributed by atoms with Gasteiger partial charge in [-0.15, -0.1) is 0 Å². The summed E-state index contributed by atoms with van der Waals surface area (Å²) in [6, 6.07) is 0. The Morgan fingerprint density at radius 3 is 2.79 bits per heavy atom. The van der Waals surface area contributed by atoms with Crippen LogP contribution in [-0.2, 0) is 11.2 Å². The number of rotatable bonds is 4. The Morgan fingerprint density at radius 1 is 1.37 bits per heavy atom. The second kappa shape index (κ2) is 5.86. The van der Waals surface area contributed by atoms with Crippen molar-refractivity contribution in [1.29, 1.82) is 0 Å². The van der Waals surface area contributed by atoms with Crippen molar-refractivity contribution in [1.82, 2.24) is 14.9 Å². The van der Waals surface area contributed by atoms with E-state index in [1.54, 1.807) is 11.2 Å². The fourth-order valence-electron chi connectivity index (χ4n) is 2.31. The lowest BCUT2D eigenvalue weighted by Gasteiger charge is -2.33. The Hall–Kier alpha value is -1.85. The monoisotopic (exact) mass is 263 g/mol. The van der Waals surface area contributed by atoms with Gasteiger partial charge < -0.3 is 15.1 Å². The normalized spacial score (nSPS) is 15.8. The number of carbonyl (C=O) groups is 1. The van der Waals surface area contributed by atoms with Gasteiger partial charge in [0.2, 0.25) is 5.91 Å². The fourth-order valence-corrected chi connectivity index (χ4v) is 2.31. The number of hydrogen-bond acceptors (Lipinski definition) is 5. The molecular formula is C13H21N5O. The van der Waals surface area contributed by atoms with Gasteiger partial charge in [-0.2, -0.15) is 0 Å². The van der Waals surface area contributed by atoms with E-state index in [4.69, 9.17) is 0 Å². The molecule has 0 atom stereocenters. The molecule has 0 unspecified atom stereocenters. The molecule has 19 heavy (non-hydrogen) atoms. The Morgan fingerprint density at radius 2 is 2.16 bits per heavy atom. The van der Waals surface area contributed by atoms with Crippen LogP contribution >= 0.6 is 0 Å². The highest BCUT2D eigenvalue weighted by Gasteiger charge is 2.24. The maximum absolute atomic E-state index is 11.8. The third-order valence-electron chi connectivity index (χ3n) is 3.42. The summed E-state index contributed by atoms with van der Waals surface area (Å²) >= 11 is 0. The largest absolute Gasteiger partial charge is 0.373 e. The molecule has 0 spiro atoms. The molecule has 1 aromatic rings. The van der Waals surface area contributed by atoms with Crippen molar-refractivity contribution >= 4 is 17.5 Å². The van der Waals surface area contributed by atoms with E-state index >= 15 is 0 Å². The second-order valence-corrected chi connectivity index (χ2v) is 4.76. The van der Waals surface area contributed by atoms with Gasteiger partial charge in [0.15, 0.2) is 0 Å². The lowest BCUT2D eigenvalue weighted by atomic mass is 10.1. The van der Waals surface area contributed by atoms with Crippen LogP contribution in [0, 0.1) is 0 Å². The van der Waals surface area contributed by atoms with Gasteiger partial charge in [0, 0.05) is 32.7 Å². The maximum atomic E-state index is 11.8. The molecule has 1 aliphatic heterocycles. The highest BCUT2D eigenvalue weighted by Crippen LogP contribution is 2.25. The van der Waals surface area contributed by atoms with E-state index < -0.39 is 0 Å². The molecular weight excluding hydrogens is 242 g/mol. The fraction of sp³-hybridized carbons (Fsp3) is 0.615. The van der Waals surface area contributed by atoms with Crippen molar-refractivity contribution in [3.63, 3.8) is 0 Å². The minimum Gasteiger partial charge on any atom is -0.373 e. The number of aromatic nitrogens is 2. The van der Waals surface area contributed by atoms with Crippen LogP contribution in [0.3, 0.4) is 0 Å². The molecule has 2 heterocycles.